The molecule has 1 aliphatic heterocycles. The standard InChI is InChI=1S/C20H17F7N2O5S.C5H10O2/c1-18(2,20(25,26)27)34-17(30)28-11-3-6-16-15(9-11)29(7-8-33-16)35(31,32)12-4-5-14(21)13(10-12)19(22,23)24;1-3-5(6)7-4-2/h3-6,9-10H,7-8H2,1-2H3,(H,28,30);3-4H2,1-2H3. The van der Waals surface area contributed by atoms with Crippen LogP contribution >= 0.6 is 0 Å². The molecule has 1 N–H and O–H groups in total. The first-order chi connectivity index (χ1) is 19.2. The zero-order chi connectivity index (χ0) is 32.1. The Morgan fingerprint density at radius 2 is 1.67 bits per heavy atom. The molecule has 3 rings (SSSR count). The number of halogens is 7. The van der Waals surface area contributed by atoms with Crippen LogP contribution in [0.25, 0.3) is 0 Å². The second-order valence-corrected chi connectivity index (χ2v) is 10.8. The molecule has 0 fully saturated rings. The van der Waals surface area contributed by atoms with Crippen LogP contribution in [0.2, 0.25) is 0 Å². The van der Waals surface area contributed by atoms with E-state index in [0.29, 0.717) is 43.3 Å². The molecule has 2 aromatic rings. The van der Waals surface area contributed by atoms with Crippen molar-refractivity contribution < 1.29 is 63.0 Å². The van der Waals surface area contributed by atoms with Crippen LogP contribution in [-0.2, 0) is 30.5 Å². The predicted molar refractivity (Wildman–Crippen MR) is 135 cm³/mol. The summed E-state index contributed by atoms with van der Waals surface area (Å²) in [5.74, 6) is -1.82. The molecule has 1 aliphatic rings. The molecule has 0 spiro atoms. The van der Waals surface area contributed by atoms with Crippen LogP contribution in [0.1, 0.15) is 39.7 Å². The van der Waals surface area contributed by atoms with E-state index in [4.69, 9.17) is 4.74 Å². The number of rotatable bonds is 6. The summed E-state index contributed by atoms with van der Waals surface area (Å²) in [4.78, 5) is 21.3. The summed E-state index contributed by atoms with van der Waals surface area (Å²) in [6.07, 6.45) is -11.0. The molecule has 0 atom stereocenters. The molecule has 1 amide bonds. The topological polar surface area (TPSA) is 111 Å². The average Bonchev–Trinajstić information content (AvgIpc) is 2.87. The van der Waals surface area contributed by atoms with Crippen molar-refractivity contribution >= 4 is 33.5 Å². The smallest absolute Gasteiger partial charge is 0.427 e. The van der Waals surface area contributed by atoms with Gasteiger partial charge in [-0.2, -0.15) is 26.3 Å². The van der Waals surface area contributed by atoms with Gasteiger partial charge >= 0.3 is 24.4 Å². The Morgan fingerprint density at radius 3 is 2.19 bits per heavy atom. The van der Waals surface area contributed by atoms with Crippen LogP contribution in [0.3, 0.4) is 0 Å². The number of ether oxygens (including phenoxy) is 3. The van der Waals surface area contributed by atoms with E-state index < -0.39 is 50.3 Å². The molecule has 234 valence electrons. The fraction of sp³-hybridized carbons (Fsp3) is 0.440. The van der Waals surface area contributed by atoms with Crippen molar-refractivity contribution in [3.8, 4) is 5.75 Å². The molecule has 1 heterocycles. The lowest BCUT2D eigenvalue weighted by atomic mass is 10.1. The first kappa shape index (κ1) is 34.4. The summed E-state index contributed by atoms with van der Waals surface area (Å²) in [5.41, 5.74) is -5.02. The summed E-state index contributed by atoms with van der Waals surface area (Å²) < 4.78 is 133. The summed E-state index contributed by atoms with van der Waals surface area (Å²) in [5, 5.41) is 2.03. The molecular weight excluding hydrogens is 605 g/mol. The van der Waals surface area contributed by atoms with Gasteiger partial charge in [0.05, 0.1) is 29.3 Å². The number of benzene rings is 2. The van der Waals surface area contributed by atoms with Gasteiger partial charge in [0.15, 0.2) is 0 Å². The Balaban J connectivity index is 0.000000782. The molecule has 0 aromatic heterocycles. The molecule has 0 bridgehead atoms. The lowest BCUT2D eigenvalue weighted by Crippen LogP contribution is -2.44. The Hall–Kier alpha value is -3.76. The average molecular weight is 633 g/mol. The Morgan fingerprint density at radius 1 is 1.02 bits per heavy atom. The highest BCUT2D eigenvalue weighted by atomic mass is 32.2. The highest BCUT2D eigenvalue weighted by molar-refractivity contribution is 7.92. The fourth-order valence-corrected chi connectivity index (χ4v) is 4.70. The van der Waals surface area contributed by atoms with Crippen molar-refractivity contribution in [1.29, 1.82) is 0 Å². The van der Waals surface area contributed by atoms with E-state index in [2.05, 4.69) is 9.47 Å². The van der Waals surface area contributed by atoms with Gasteiger partial charge in [-0.1, -0.05) is 6.92 Å². The van der Waals surface area contributed by atoms with Gasteiger partial charge in [0.1, 0.15) is 18.2 Å². The lowest BCUT2D eigenvalue weighted by Gasteiger charge is -2.31. The number of anilines is 2. The van der Waals surface area contributed by atoms with Crippen molar-refractivity contribution in [2.24, 2.45) is 0 Å². The number of fused-ring (bicyclic) bond motifs is 1. The van der Waals surface area contributed by atoms with Gasteiger partial charge < -0.3 is 14.2 Å². The molecule has 42 heavy (non-hydrogen) atoms. The van der Waals surface area contributed by atoms with Gasteiger partial charge in [-0.3, -0.25) is 14.4 Å². The van der Waals surface area contributed by atoms with E-state index in [1.54, 1.807) is 13.8 Å². The van der Waals surface area contributed by atoms with Crippen LogP contribution in [0.4, 0.5) is 46.9 Å². The highest BCUT2D eigenvalue weighted by Gasteiger charge is 2.51. The van der Waals surface area contributed by atoms with E-state index >= 15 is 0 Å². The number of nitrogens with one attached hydrogen (secondary N) is 1. The Bertz CT molecular complexity index is 1390. The first-order valence-electron chi connectivity index (χ1n) is 12.1. The molecule has 9 nitrogen and oxygen atoms in total. The minimum atomic E-state index is -5.15. The van der Waals surface area contributed by atoms with Gasteiger partial charge in [0, 0.05) is 12.1 Å². The Labute approximate surface area is 236 Å². The van der Waals surface area contributed by atoms with Crippen molar-refractivity contribution in [1.82, 2.24) is 0 Å². The summed E-state index contributed by atoms with van der Waals surface area (Å²) >= 11 is 0. The van der Waals surface area contributed by atoms with Gasteiger partial charge in [-0.15, -0.1) is 0 Å². The number of sulfonamides is 1. The van der Waals surface area contributed by atoms with Crippen molar-refractivity contribution in [2.45, 2.75) is 57.0 Å². The van der Waals surface area contributed by atoms with Crippen LogP contribution in [0.15, 0.2) is 41.3 Å². The van der Waals surface area contributed by atoms with E-state index in [9.17, 15) is 48.7 Å². The SMILES string of the molecule is CC(C)(OC(=O)Nc1ccc2c(c1)N(S(=O)(=O)c1ccc(F)c(C(F)(F)F)c1)CCO2)C(F)(F)F.CCOC(=O)CC. The number of amides is 1. The third kappa shape index (κ3) is 8.39. The van der Waals surface area contributed by atoms with Gasteiger partial charge in [-0.05, 0) is 57.2 Å². The number of nitrogens with zero attached hydrogens (tertiary/aromatic N) is 1. The van der Waals surface area contributed by atoms with Crippen LogP contribution in [-0.4, -0.2) is 52.0 Å². The predicted octanol–water partition coefficient (Wildman–Crippen LogP) is 6.28. The third-order valence-corrected chi connectivity index (χ3v) is 7.29. The van der Waals surface area contributed by atoms with E-state index in [0.717, 1.165) is 6.07 Å². The lowest BCUT2D eigenvalue weighted by molar-refractivity contribution is -0.242. The largest absolute Gasteiger partial charge is 0.489 e. The van der Waals surface area contributed by atoms with E-state index in [1.807, 2.05) is 5.32 Å². The van der Waals surface area contributed by atoms with Crippen molar-refractivity contribution in [3.05, 3.63) is 47.8 Å². The second kappa shape index (κ2) is 13.0. The number of hydrogen-bond acceptors (Lipinski definition) is 7. The third-order valence-electron chi connectivity index (χ3n) is 5.48. The van der Waals surface area contributed by atoms with E-state index in [1.165, 1.54) is 12.1 Å². The molecule has 0 radical (unpaired) electrons. The first-order valence-corrected chi connectivity index (χ1v) is 13.6. The maximum absolute atomic E-state index is 13.6. The second-order valence-electron chi connectivity index (χ2n) is 8.93. The van der Waals surface area contributed by atoms with Crippen molar-refractivity contribution in [2.75, 3.05) is 29.4 Å². The molecular formula is C25H27F7N2O7S. The number of esters is 1. The van der Waals surface area contributed by atoms with Crippen molar-refractivity contribution in [3.63, 3.8) is 0 Å². The molecule has 0 saturated carbocycles. The summed E-state index contributed by atoms with van der Waals surface area (Å²) in [6.45, 7) is 4.77. The maximum Gasteiger partial charge on any atom is 0.427 e. The number of carbonyl (C=O) groups is 2. The minimum absolute atomic E-state index is 0.0347. The molecule has 0 aliphatic carbocycles. The maximum atomic E-state index is 13.6. The Kier molecular flexibility index (Phi) is 10.7. The van der Waals surface area contributed by atoms with Gasteiger partial charge in [0.25, 0.3) is 10.0 Å². The highest BCUT2D eigenvalue weighted by Crippen LogP contribution is 2.39. The minimum Gasteiger partial charge on any atom is -0.489 e. The van der Waals surface area contributed by atoms with Crippen LogP contribution < -0.4 is 14.4 Å². The monoisotopic (exact) mass is 632 g/mol. The molecule has 0 unspecified atom stereocenters. The summed E-state index contributed by atoms with van der Waals surface area (Å²) in [7, 11) is -4.67. The zero-order valence-electron chi connectivity index (χ0n) is 22.7. The molecule has 2 aromatic carbocycles. The number of alkyl halides is 6. The zero-order valence-corrected chi connectivity index (χ0v) is 23.5. The fourth-order valence-electron chi connectivity index (χ4n) is 3.23. The quantitative estimate of drug-likeness (QED) is 0.295. The van der Waals surface area contributed by atoms with E-state index in [-0.39, 0.29) is 42.3 Å². The summed E-state index contributed by atoms with van der Waals surface area (Å²) in [6, 6.07) is 4.60. The van der Waals surface area contributed by atoms with Crippen LogP contribution in [0.5, 0.6) is 5.75 Å². The normalized spacial score (nSPS) is 13.6. The number of carbonyl (C=O) groups excluding carboxylic acids is 2. The van der Waals surface area contributed by atoms with Crippen LogP contribution in [0, 0.1) is 5.82 Å². The molecule has 17 heteroatoms. The van der Waals surface area contributed by atoms with Gasteiger partial charge in [0.2, 0.25) is 5.60 Å². The molecule has 0 saturated heterocycles. The van der Waals surface area contributed by atoms with Gasteiger partial charge in [-0.25, -0.2) is 17.6 Å². The number of hydrogen-bond donors (Lipinski definition) is 1.